The van der Waals surface area contributed by atoms with Crippen molar-refractivity contribution in [2.75, 3.05) is 13.2 Å². The van der Waals surface area contributed by atoms with Gasteiger partial charge in [-0.25, -0.2) is 0 Å². The van der Waals surface area contributed by atoms with E-state index in [-0.39, 0.29) is 24.9 Å². The van der Waals surface area contributed by atoms with Gasteiger partial charge in [0, 0.05) is 16.0 Å². The Morgan fingerprint density at radius 2 is 1.95 bits per heavy atom. The number of aliphatic hydroxyl groups excluding tert-OH is 1. The summed E-state index contributed by atoms with van der Waals surface area (Å²) in [6.45, 7) is 3.66. The highest BCUT2D eigenvalue weighted by Crippen LogP contribution is 2.34. The molecule has 1 aromatic carbocycles. The first-order chi connectivity index (χ1) is 9.45. The fraction of sp³-hybridized carbons (Fsp3) is 0.500. The number of hydrogen-bond donors (Lipinski definition) is 1. The van der Waals surface area contributed by atoms with Gasteiger partial charge < -0.3 is 14.6 Å². The van der Waals surface area contributed by atoms with Gasteiger partial charge in [-0.3, -0.25) is 4.79 Å². The Bertz CT molecular complexity index is 429. The van der Waals surface area contributed by atoms with Crippen LogP contribution in [0.4, 0.5) is 0 Å². The maximum Gasteiger partial charge on any atom is 0.306 e. The molecule has 6 heteroatoms. The van der Waals surface area contributed by atoms with Crippen molar-refractivity contribution in [1.82, 2.24) is 0 Å². The molecule has 112 valence electrons. The first kappa shape index (κ1) is 17.2. The maximum absolute atomic E-state index is 11.7. The van der Waals surface area contributed by atoms with E-state index in [9.17, 15) is 9.90 Å². The lowest BCUT2D eigenvalue weighted by atomic mass is 9.96. The van der Waals surface area contributed by atoms with Crippen molar-refractivity contribution in [3.63, 3.8) is 0 Å². The van der Waals surface area contributed by atoms with Gasteiger partial charge in [0.1, 0.15) is 0 Å². The van der Waals surface area contributed by atoms with Gasteiger partial charge in [0.15, 0.2) is 6.29 Å². The number of esters is 1. The third-order valence-corrected chi connectivity index (χ3v) is 3.32. The zero-order chi connectivity index (χ0) is 15.1. The molecule has 4 nitrogen and oxygen atoms in total. The normalized spacial score (nSPS) is 13.8. The van der Waals surface area contributed by atoms with E-state index in [1.54, 1.807) is 25.1 Å². The molecule has 0 radical (unpaired) electrons. The fourth-order valence-corrected chi connectivity index (χ4v) is 2.53. The number of hydrogen-bond acceptors (Lipinski definition) is 4. The van der Waals surface area contributed by atoms with E-state index >= 15 is 0 Å². The standard InChI is InChI=1S/C14H18Cl2O4/c1-3-19-13(18)7-10(8-20-9(2)17)14-11(15)5-4-6-12(14)16/h4-6,9-10,17H,3,7-8H2,1-2H3. The number of carbonyl (C=O) groups is 1. The highest BCUT2D eigenvalue weighted by molar-refractivity contribution is 6.36. The van der Waals surface area contributed by atoms with Gasteiger partial charge >= 0.3 is 5.97 Å². The van der Waals surface area contributed by atoms with Crippen molar-refractivity contribution < 1.29 is 19.4 Å². The SMILES string of the molecule is CCOC(=O)CC(COC(C)O)c1c(Cl)cccc1Cl. The number of benzene rings is 1. The van der Waals surface area contributed by atoms with Crippen molar-refractivity contribution in [3.05, 3.63) is 33.8 Å². The third-order valence-electron chi connectivity index (χ3n) is 2.66. The van der Waals surface area contributed by atoms with E-state index in [1.807, 2.05) is 0 Å². The summed E-state index contributed by atoms with van der Waals surface area (Å²) < 4.78 is 10.1. The summed E-state index contributed by atoms with van der Waals surface area (Å²) in [6, 6.07) is 5.12. The number of carbonyl (C=O) groups excluding carboxylic acids is 1. The average Bonchev–Trinajstić information content (AvgIpc) is 2.35. The fourth-order valence-electron chi connectivity index (χ4n) is 1.82. The second-order valence-corrected chi connectivity index (χ2v) is 5.09. The van der Waals surface area contributed by atoms with Gasteiger partial charge in [-0.05, 0) is 31.5 Å². The lowest BCUT2D eigenvalue weighted by molar-refractivity contribution is -0.145. The van der Waals surface area contributed by atoms with Gasteiger partial charge in [-0.1, -0.05) is 29.3 Å². The monoisotopic (exact) mass is 320 g/mol. The van der Waals surface area contributed by atoms with E-state index in [0.717, 1.165) is 0 Å². The van der Waals surface area contributed by atoms with Crippen LogP contribution >= 0.6 is 23.2 Å². The van der Waals surface area contributed by atoms with E-state index in [0.29, 0.717) is 22.2 Å². The van der Waals surface area contributed by atoms with Gasteiger partial charge in [0.25, 0.3) is 0 Å². The number of halogens is 2. The molecule has 0 saturated carbocycles. The van der Waals surface area contributed by atoms with Crippen molar-refractivity contribution in [1.29, 1.82) is 0 Å². The summed E-state index contributed by atoms with van der Waals surface area (Å²) in [5.41, 5.74) is 0.629. The van der Waals surface area contributed by atoms with Crippen molar-refractivity contribution in [3.8, 4) is 0 Å². The maximum atomic E-state index is 11.7. The molecule has 0 amide bonds. The predicted molar refractivity (Wildman–Crippen MR) is 78.1 cm³/mol. The zero-order valence-corrected chi connectivity index (χ0v) is 12.9. The Morgan fingerprint density at radius 3 is 2.45 bits per heavy atom. The lowest BCUT2D eigenvalue weighted by Crippen LogP contribution is -2.19. The van der Waals surface area contributed by atoms with Crippen LogP contribution in [0.1, 0.15) is 31.7 Å². The highest BCUT2D eigenvalue weighted by atomic mass is 35.5. The molecule has 0 bridgehead atoms. The van der Waals surface area contributed by atoms with Crippen LogP contribution in [0.25, 0.3) is 0 Å². The third kappa shape index (κ3) is 5.29. The second-order valence-electron chi connectivity index (χ2n) is 4.27. The summed E-state index contributed by atoms with van der Waals surface area (Å²) in [4.78, 5) is 11.7. The van der Waals surface area contributed by atoms with Crippen molar-refractivity contribution >= 4 is 29.2 Å². The summed E-state index contributed by atoms with van der Waals surface area (Å²) in [7, 11) is 0. The molecule has 0 aliphatic rings. The summed E-state index contributed by atoms with van der Waals surface area (Å²) in [5, 5.41) is 10.1. The Kier molecular flexibility index (Phi) is 7.30. The van der Waals surface area contributed by atoms with Gasteiger partial charge in [0.05, 0.1) is 19.6 Å². The van der Waals surface area contributed by atoms with Crippen LogP contribution in [0.5, 0.6) is 0 Å². The molecule has 1 aromatic rings. The van der Waals surface area contributed by atoms with Crippen molar-refractivity contribution in [2.24, 2.45) is 0 Å². The minimum absolute atomic E-state index is 0.0873. The van der Waals surface area contributed by atoms with Gasteiger partial charge in [0.2, 0.25) is 0 Å². The molecular weight excluding hydrogens is 303 g/mol. The first-order valence-corrected chi connectivity index (χ1v) is 7.10. The highest BCUT2D eigenvalue weighted by Gasteiger charge is 2.22. The molecule has 0 fully saturated rings. The molecule has 0 heterocycles. The Hall–Kier alpha value is -0.810. The van der Waals surface area contributed by atoms with Crippen LogP contribution in [-0.4, -0.2) is 30.6 Å². The zero-order valence-electron chi connectivity index (χ0n) is 11.4. The Labute approximate surface area is 128 Å². The summed E-state index contributed by atoms with van der Waals surface area (Å²) in [5.74, 6) is -0.729. The second kappa shape index (κ2) is 8.47. The van der Waals surface area contributed by atoms with Crippen LogP contribution in [0.15, 0.2) is 18.2 Å². The molecule has 20 heavy (non-hydrogen) atoms. The molecule has 2 unspecified atom stereocenters. The molecule has 0 aliphatic heterocycles. The number of ether oxygens (including phenoxy) is 2. The quantitative estimate of drug-likeness (QED) is 0.618. The topological polar surface area (TPSA) is 55.8 Å². The number of rotatable bonds is 7. The molecule has 0 spiro atoms. The minimum Gasteiger partial charge on any atom is -0.466 e. The van der Waals surface area contributed by atoms with E-state index < -0.39 is 6.29 Å². The molecule has 0 saturated heterocycles. The first-order valence-electron chi connectivity index (χ1n) is 6.34. The van der Waals surface area contributed by atoms with E-state index in [4.69, 9.17) is 32.7 Å². The van der Waals surface area contributed by atoms with Crippen LogP contribution in [0, 0.1) is 0 Å². The molecule has 0 aromatic heterocycles. The Balaban J connectivity index is 2.94. The molecule has 1 rings (SSSR count). The minimum atomic E-state index is -0.930. The van der Waals surface area contributed by atoms with Gasteiger partial charge in [-0.2, -0.15) is 0 Å². The van der Waals surface area contributed by atoms with Crippen LogP contribution in [0.3, 0.4) is 0 Å². The van der Waals surface area contributed by atoms with E-state index in [1.165, 1.54) is 6.92 Å². The van der Waals surface area contributed by atoms with Crippen LogP contribution in [-0.2, 0) is 14.3 Å². The smallest absolute Gasteiger partial charge is 0.306 e. The van der Waals surface area contributed by atoms with Crippen LogP contribution < -0.4 is 0 Å². The van der Waals surface area contributed by atoms with E-state index in [2.05, 4.69) is 0 Å². The molecule has 1 N–H and O–H groups in total. The molecule has 2 atom stereocenters. The number of aliphatic hydroxyl groups is 1. The molecule has 0 aliphatic carbocycles. The molecular formula is C14H18Cl2O4. The van der Waals surface area contributed by atoms with Gasteiger partial charge in [-0.15, -0.1) is 0 Å². The van der Waals surface area contributed by atoms with Crippen molar-refractivity contribution in [2.45, 2.75) is 32.5 Å². The lowest BCUT2D eigenvalue weighted by Gasteiger charge is -2.20. The van der Waals surface area contributed by atoms with Crippen LogP contribution in [0.2, 0.25) is 10.0 Å². The predicted octanol–water partition coefficient (Wildman–Crippen LogP) is 3.39. The largest absolute Gasteiger partial charge is 0.466 e. The Morgan fingerprint density at radius 1 is 1.35 bits per heavy atom. The summed E-state index contributed by atoms with van der Waals surface area (Å²) in [6.07, 6.45) is -0.842. The average molecular weight is 321 g/mol. The summed E-state index contributed by atoms with van der Waals surface area (Å²) >= 11 is 12.3.